The minimum absolute atomic E-state index is 0.323. The van der Waals surface area contributed by atoms with Crippen molar-refractivity contribution in [1.29, 1.82) is 0 Å². The van der Waals surface area contributed by atoms with Crippen molar-refractivity contribution in [3.63, 3.8) is 0 Å². The maximum absolute atomic E-state index is 13.0. The number of benzene rings is 2. The molecule has 0 aliphatic carbocycles. The van der Waals surface area contributed by atoms with Crippen LogP contribution in [-0.2, 0) is 11.0 Å². The Kier molecular flexibility index (Phi) is 8.07. The van der Waals surface area contributed by atoms with E-state index in [0.29, 0.717) is 34.5 Å². The van der Waals surface area contributed by atoms with E-state index >= 15 is 0 Å². The molecule has 0 bridgehead atoms. The van der Waals surface area contributed by atoms with E-state index in [-0.39, 0.29) is 6.10 Å². The third-order valence-electron chi connectivity index (χ3n) is 5.70. The highest BCUT2D eigenvalue weighted by Gasteiger charge is 2.32. The molecule has 192 valence electrons. The number of alkyl halides is 3. The largest absolute Gasteiger partial charge is 0.486 e. The Balaban J connectivity index is 1.81. The maximum Gasteiger partial charge on any atom is 0.419 e. The van der Waals surface area contributed by atoms with Crippen LogP contribution < -0.4 is 10.1 Å². The molecular formula is C26H28F3N3O4. The summed E-state index contributed by atoms with van der Waals surface area (Å²) < 4.78 is 46.5. The molecule has 2 N–H and O–H groups in total. The molecule has 2 atom stereocenters. The van der Waals surface area contributed by atoms with E-state index < -0.39 is 29.7 Å². The van der Waals surface area contributed by atoms with Crippen molar-refractivity contribution >= 4 is 11.9 Å². The van der Waals surface area contributed by atoms with Crippen LogP contribution in [0.2, 0.25) is 0 Å². The van der Waals surface area contributed by atoms with Crippen molar-refractivity contribution in [3.8, 4) is 11.4 Å². The van der Waals surface area contributed by atoms with E-state index in [4.69, 9.17) is 9.84 Å². The van der Waals surface area contributed by atoms with Crippen LogP contribution in [-0.4, -0.2) is 32.8 Å². The number of aliphatic carboxylic acids is 1. The average Bonchev–Trinajstić information content (AvgIpc) is 3.28. The van der Waals surface area contributed by atoms with Crippen LogP contribution in [0, 0.1) is 13.8 Å². The van der Waals surface area contributed by atoms with Crippen molar-refractivity contribution in [2.24, 2.45) is 0 Å². The topological polar surface area (TPSA) is 93.5 Å². The fourth-order valence-corrected chi connectivity index (χ4v) is 3.85. The lowest BCUT2D eigenvalue weighted by molar-refractivity contribution is -0.139. The van der Waals surface area contributed by atoms with Gasteiger partial charge in [-0.1, -0.05) is 25.5 Å². The normalized spacial score (nSPS) is 13.2. The number of rotatable bonds is 9. The quantitative estimate of drug-likeness (QED) is 0.395. The van der Waals surface area contributed by atoms with Crippen molar-refractivity contribution in [2.75, 3.05) is 0 Å². The monoisotopic (exact) mass is 503 g/mol. The second-order valence-corrected chi connectivity index (χ2v) is 8.63. The minimum atomic E-state index is -4.47. The molecule has 1 amide bonds. The molecule has 1 aromatic heterocycles. The zero-order chi connectivity index (χ0) is 26.6. The van der Waals surface area contributed by atoms with Crippen LogP contribution in [0.25, 0.3) is 5.69 Å². The third-order valence-corrected chi connectivity index (χ3v) is 5.70. The number of aromatic nitrogens is 2. The molecule has 10 heteroatoms. The molecule has 3 aromatic rings. The fourth-order valence-electron chi connectivity index (χ4n) is 3.85. The summed E-state index contributed by atoms with van der Waals surface area (Å²) in [6, 6.07) is 9.25. The lowest BCUT2D eigenvalue weighted by Gasteiger charge is -2.21. The Morgan fingerprint density at radius 3 is 2.25 bits per heavy atom. The number of hydrogen-bond donors (Lipinski definition) is 2. The molecule has 0 spiro atoms. The molecule has 0 aliphatic rings. The molecule has 2 aromatic carbocycles. The number of hydrogen-bond acceptors (Lipinski definition) is 4. The first-order chi connectivity index (χ1) is 16.9. The average molecular weight is 504 g/mol. The molecule has 0 aliphatic heterocycles. The van der Waals surface area contributed by atoms with Gasteiger partial charge in [0.15, 0.2) is 0 Å². The predicted molar refractivity (Wildman–Crippen MR) is 127 cm³/mol. The van der Waals surface area contributed by atoms with Crippen LogP contribution >= 0.6 is 0 Å². The van der Waals surface area contributed by atoms with E-state index in [1.54, 1.807) is 50.2 Å². The lowest BCUT2D eigenvalue weighted by atomic mass is 10.0. The Morgan fingerprint density at radius 2 is 1.75 bits per heavy atom. The number of nitrogens with zero attached hydrogens (tertiary/aromatic N) is 2. The molecule has 1 heterocycles. The summed E-state index contributed by atoms with van der Waals surface area (Å²) in [6.45, 7) is 6.96. The summed E-state index contributed by atoms with van der Waals surface area (Å²) >= 11 is 0. The number of carbonyl (C=O) groups excluding carboxylic acids is 1. The second kappa shape index (κ2) is 10.8. The molecule has 2 unspecified atom stereocenters. The number of aryl methyl sites for hydroxylation is 2. The van der Waals surface area contributed by atoms with Crippen molar-refractivity contribution in [2.45, 2.75) is 58.9 Å². The summed E-state index contributed by atoms with van der Waals surface area (Å²) in [5.41, 5.74) is 2.31. The third kappa shape index (κ3) is 6.24. The molecular weight excluding hydrogens is 475 g/mol. The van der Waals surface area contributed by atoms with Gasteiger partial charge in [0, 0.05) is 11.8 Å². The van der Waals surface area contributed by atoms with E-state index in [1.165, 1.54) is 11.6 Å². The van der Waals surface area contributed by atoms with Crippen LogP contribution in [0.5, 0.6) is 5.75 Å². The number of nitrogens with one attached hydrogen (secondary N) is 1. The van der Waals surface area contributed by atoms with Gasteiger partial charge >= 0.3 is 12.1 Å². The second-order valence-electron chi connectivity index (χ2n) is 8.63. The van der Waals surface area contributed by atoms with Gasteiger partial charge in [0.05, 0.1) is 17.4 Å². The number of carboxylic acid groups (broad SMARTS) is 1. The first kappa shape index (κ1) is 26.8. The SMILES string of the molecule is CCCC(Oc1cc(C)c(-n2cc(C(F)(F)F)cn2)c(C)c1)c1ccc(C(=O)NC(C)C(=O)O)cc1. The summed E-state index contributed by atoms with van der Waals surface area (Å²) in [5, 5.41) is 15.3. The van der Waals surface area contributed by atoms with Gasteiger partial charge in [0.1, 0.15) is 17.9 Å². The number of amides is 1. The molecule has 36 heavy (non-hydrogen) atoms. The number of halogens is 3. The summed E-state index contributed by atoms with van der Waals surface area (Å²) in [4.78, 5) is 23.2. The summed E-state index contributed by atoms with van der Waals surface area (Å²) in [7, 11) is 0. The zero-order valence-corrected chi connectivity index (χ0v) is 20.4. The predicted octanol–water partition coefficient (Wildman–Crippen LogP) is 5.63. The van der Waals surface area contributed by atoms with Crippen molar-refractivity contribution in [3.05, 3.63) is 76.6 Å². The highest BCUT2D eigenvalue weighted by atomic mass is 19.4. The Labute approximate surface area is 206 Å². The molecule has 0 saturated heterocycles. The lowest BCUT2D eigenvalue weighted by Crippen LogP contribution is -2.38. The van der Waals surface area contributed by atoms with E-state index in [0.717, 1.165) is 24.4 Å². The number of ether oxygens (including phenoxy) is 1. The molecule has 0 radical (unpaired) electrons. The molecule has 0 saturated carbocycles. The highest BCUT2D eigenvalue weighted by molar-refractivity contribution is 5.96. The minimum Gasteiger partial charge on any atom is -0.486 e. The van der Waals surface area contributed by atoms with E-state index in [2.05, 4.69) is 10.4 Å². The standard InChI is InChI=1S/C26H28F3N3O4/c1-5-6-22(18-7-9-19(10-8-18)24(33)31-17(4)25(34)35)36-21-11-15(2)23(16(3)12-21)32-14-20(13-30-32)26(27,28)29/h7-14,17,22H,5-6H2,1-4H3,(H,31,33)(H,34,35). The Hall–Kier alpha value is -3.82. The fraction of sp³-hybridized carbons (Fsp3) is 0.346. The number of carboxylic acids is 1. The molecule has 0 fully saturated rings. The smallest absolute Gasteiger partial charge is 0.419 e. The van der Waals surface area contributed by atoms with Crippen LogP contribution in [0.3, 0.4) is 0 Å². The highest BCUT2D eigenvalue weighted by Crippen LogP contribution is 2.33. The number of carbonyl (C=O) groups is 2. The zero-order valence-electron chi connectivity index (χ0n) is 20.4. The van der Waals surface area contributed by atoms with Crippen LogP contribution in [0.15, 0.2) is 48.8 Å². The van der Waals surface area contributed by atoms with Gasteiger partial charge < -0.3 is 15.2 Å². The van der Waals surface area contributed by atoms with Crippen molar-refractivity contribution < 1.29 is 32.6 Å². The van der Waals surface area contributed by atoms with E-state index in [1.807, 2.05) is 6.92 Å². The Bertz CT molecular complexity index is 1210. The summed E-state index contributed by atoms with van der Waals surface area (Å²) in [6.07, 6.45) is -1.52. The van der Waals surface area contributed by atoms with Gasteiger partial charge in [0.25, 0.3) is 5.91 Å². The first-order valence-electron chi connectivity index (χ1n) is 11.4. The molecule has 3 rings (SSSR count). The van der Waals surface area contributed by atoms with Gasteiger partial charge in [-0.25, -0.2) is 4.68 Å². The van der Waals surface area contributed by atoms with Crippen LogP contribution in [0.1, 0.15) is 65.4 Å². The van der Waals surface area contributed by atoms with Gasteiger partial charge in [-0.3, -0.25) is 9.59 Å². The van der Waals surface area contributed by atoms with Crippen molar-refractivity contribution in [1.82, 2.24) is 15.1 Å². The van der Waals surface area contributed by atoms with Crippen LogP contribution in [0.4, 0.5) is 13.2 Å². The molecule has 7 nitrogen and oxygen atoms in total. The maximum atomic E-state index is 13.0. The Morgan fingerprint density at radius 1 is 1.14 bits per heavy atom. The van der Waals surface area contributed by atoms with Gasteiger partial charge in [-0.05, 0) is 68.1 Å². The van der Waals surface area contributed by atoms with Gasteiger partial charge in [-0.15, -0.1) is 0 Å². The van der Waals surface area contributed by atoms with Gasteiger partial charge in [0.2, 0.25) is 0 Å². The van der Waals surface area contributed by atoms with E-state index in [9.17, 15) is 22.8 Å². The van der Waals surface area contributed by atoms with Gasteiger partial charge in [-0.2, -0.15) is 18.3 Å². The first-order valence-corrected chi connectivity index (χ1v) is 11.4. The summed E-state index contributed by atoms with van der Waals surface area (Å²) in [5.74, 6) is -1.05.